The molecule has 1 aromatic heterocycles. The largest absolute Gasteiger partial charge is 0.494 e. The van der Waals surface area contributed by atoms with Gasteiger partial charge in [-0.3, -0.25) is 4.79 Å². The van der Waals surface area contributed by atoms with Crippen molar-refractivity contribution in [3.05, 3.63) is 35.0 Å². The van der Waals surface area contributed by atoms with Crippen LogP contribution in [0.3, 0.4) is 0 Å². The smallest absolute Gasteiger partial charge is 0.421 e. The maximum Gasteiger partial charge on any atom is 0.421 e. The van der Waals surface area contributed by atoms with Gasteiger partial charge in [0.15, 0.2) is 0 Å². The van der Waals surface area contributed by atoms with Gasteiger partial charge in [0, 0.05) is 30.9 Å². The summed E-state index contributed by atoms with van der Waals surface area (Å²) < 4.78 is 44.0. The van der Waals surface area contributed by atoms with Gasteiger partial charge in [0.25, 0.3) is 5.91 Å². The number of halogens is 3. The number of nitrogens with zero attached hydrogens (tertiary/aromatic N) is 2. The minimum Gasteiger partial charge on any atom is -0.494 e. The number of aromatic nitrogens is 2. The van der Waals surface area contributed by atoms with E-state index in [1.807, 2.05) is 0 Å². The number of methoxy groups -OCH3 is 1. The van der Waals surface area contributed by atoms with E-state index in [-0.39, 0.29) is 17.7 Å². The second-order valence-electron chi connectivity index (χ2n) is 5.18. The molecular formula is C15H14F3N5O2. The molecule has 1 amide bonds. The van der Waals surface area contributed by atoms with Gasteiger partial charge in [0.1, 0.15) is 17.1 Å². The van der Waals surface area contributed by atoms with Crippen molar-refractivity contribution in [2.45, 2.75) is 12.7 Å². The first kappa shape index (κ1) is 16.8. The van der Waals surface area contributed by atoms with Gasteiger partial charge in [-0.25, -0.2) is 4.98 Å². The average molecular weight is 353 g/mol. The summed E-state index contributed by atoms with van der Waals surface area (Å²) in [5, 5.41) is 7.92. The van der Waals surface area contributed by atoms with Gasteiger partial charge < -0.3 is 20.7 Å². The van der Waals surface area contributed by atoms with Crippen LogP contribution in [0, 0.1) is 0 Å². The third kappa shape index (κ3) is 3.02. The number of ether oxygens (including phenoxy) is 1. The van der Waals surface area contributed by atoms with Crippen LogP contribution in [-0.2, 0) is 12.7 Å². The standard InChI is InChI=1S/C15H14F3N5O2/c1-19-12-9(15(16,17)18)6-21-14(23-12)22-10-4-3-7-8(11(10)25-2)5-20-13(7)24/h3-4,6H,5H2,1-2H3,(H,20,24)(H2,19,21,22,23). The Morgan fingerprint density at radius 2 is 2.08 bits per heavy atom. The minimum atomic E-state index is -4.56. The van der Waals surface area contributed by atoms with Crippen LogP contribution in [-0.4, -0.2) is 30.0 Å². The number of anilines is 3. The maximum atomic E-state index is 12.9. The predicted molar refractivity (Wildman–Crippen MR) is 84.0 cm³/mol. The van der Waals surface area contributed by atoms with Crippen molar-refractivity contribution in [2.75, 3.05) is 24.8 Å². The Kier molecular flexibility index (Phi) is 4.11. The molecule has 0 aliphatic carbocycles. The van der Waals surface area contributed by atoms with E-state index in [9.17, 15) is 18.0 Å². The molecule has 1 aliphatic rings. The van der Waals surface area contributed by atoms with E-state index in [0.29, 0.717) is 35.3 Å². The Balaban J connectivity index is 1.97. The fourth-order valence-corrected chi connectivity index (χ4v) is 2.57. The molecule has 1 aromatic carbocycles. The van der Waals surface area contributed by atoms with Crippen LogP contribution in [0.1, 0.15) is 21.5 Å². The first-order chi connectivity index (χ1) is 11.8. The van der Waals surface area contributed by atoms with Gasteiger partial charge >= 0.3 is 6.18 Å². The summed E-state index contributed by atoms with van der Waals surface area (Å²) in [5.41, 5.74) is 0.640. The van der Waals surface area contributed by atoms with E-state index in [1.165, 1.54) is 14.2 Å². The summed E-state index contributed by atoms with van der Waals surface area (Å²) in [6, 6.07) is 3.19. The highest BCUT2D eigenvalue weighted by Gasteiger charge is 2.35. The molecule has 2 aromatic rings. The Labute approximate surface area is 140 Å². The molecule has 25 heavy (non-hydrogen) atoms. The average Bonchev–Trinajstić information content (AvgIpc) is 2.95. The van der Waals surface area contributed by atoms with Gasteiger partial charge in [0.05, 0.1) is 12.8 Å². The first-order valence-electron chi connectivity index (χ1n) is 7.22. The zero-order valence-corrected chi connectivity index (χ0v) is 13.3. The maximum absolute atomic E-state index is 12.9. The van der Waals surface area contributed by atoms with Gasteiger partial charge in [-0.1, -0.05) is 0 Å². The zero-order valence-electron chi connectivity index (χ0n) is 13.3. The predicted octanol–water partition coefficient (Wildman–Crippen LogP) is 2.53. The van der Waals surface area contributed by atoms with Crippen LogP contribution in [0.15, 0.2) is 18.3 Å². The van der Waals surface area contributed by atoms with Crippen molar-refractivity contribution in [1.82, 2.24) is 15.3 Å². The van der Waals surface area contributed by atoms with E-state index >= 15 is 0 Å². The molecule has 2 heterocycles. The molecule has 0 fully saturated rings. The van der Waals surface area contributed by atoms with Gasteiger partial charge in [-0.05, 0) is 12.1 Å². The molecule has 0 radical (unpaired) electrons. The molecule has 3 rings (SSSR count). The Bertz CT molecular complexity index is 839. The SMILES string of the molecule is CNc1nc(Nc2ccc3c(c2OC)CNC3=O)ncc1C(F)(F)F. The van der Waals surface area contributed by atoms with Gasteiger partial charge in [0.2, 0.25) is 5.95 Å². The minimum absolute atomic E-state index is 0.0344. The summed E-state index contributed by atoms with van der Waals surface area (Å²) >= 11 is 0. The van der Waals surface area contributed by atoms with Crippen LogP contribution < -0.4 is 20.7 Å². The number of hydrogen-bond donors (Lipinski definition) is 3. The second kappa shape index (κ2) is 6.11. The summed E-state index contributed by atoms with van der Waals surface area (Å²) in [6.45, 7) is 0.308. The molecule has 0 spiro atoms. The van der Waals surface area contributed by atoms with Crippen LogP contribution in [0.4, 0.5) is 30.6 Å². The number of carbonyl (C=O) groups is 1. The van der Waals surface area contributed by atoms with Crippen LogP contribution >= 0.6 is 0 Å². The normalized spacial score (nSPS) is 13.2. The lowest BCUT2D eigenvalue weighted by Crippen LogP contribution is -2.12. The van der Waals surface area contributed by atoms with Crippen LogP contribution in [0.2, 0.25) is 0 Å². The zero-order chi connectivity index (χ0) is 18.2. The third-order valence-electron chi connectivity index (χ3n) is 3.71. The number of alkyl halides is 3. The Hall–Kier alpha value is -3.04. The van der Waals surface area contributed by atoms with Gasteiger partial charge in [-0.2, -0.15) is 18.2 Å². The van der Waals surface area contributed by atoms with E-state index in [0.717, 1.165) is 0 Å². The van der Waals surface area contributed by atoms with Crippen molar-refractivity contribution in [3.63, 3.8) is 0 Å². The monoisotopic (exact) mass is 353 g/mol. The molecule has 132 valence electrons. The van der Waals surface area contributed by atoms with Crippen molar-refractivity contribution in [2.24, 2.45) is 0 Å². The highest BCUT2D eigenvalue weighted by Crippen LogP contribution is 2.37. The number of fused-ring (bicyclic) bond motifs is 1. The second-order valence-corrected chi connectivity index (χ2v) is 5.18. The van der Waals surface area contributed by atoms with Crippen LogP contribution in [0.25, 0.3) is 0 Å². The van der Waals surface area contributed by atoms with Crippen molar-refractivity contribution >= 4 is 23.4 Å². The van der Waals surface area contributed by atoms with E-state index in [1.54, 1.807) is 12.1 Å². The van der Waals surface area contributed by atoms with Crippen molar-refractivity contribution < 1.29 is 22.7 Å². The number of nitrogens with one attached hydrogen (secondary N) is 3. The number of rotatable bonds is 4. The van der Waals surface area contributed by atoms with Crippen molar-refractivity contribution in [1.29, 1.82) is 0 Å². The lowest BCUT2D eigenvalue weighted by molar-refractivity contribution is -0.137. The number of benzene rings is 1. The first-order valence-corrected chi connectivity index (χ1v) is 7.22. The summed E-state index contributed by atoms with van der Waals surface area (Å²) in [5.74, 6) is -0.177. The molecule has 10 heteroatoms. The molecule has 0 unspecified atom stereocenters. The van der Waals surface area contributed by atoms with Crippen molar-refractivity contribution in [3.8, 4) is 5.75 Å². The summed E-state index contributed by atoms with van der Waals surface area (Å²) in [6.07, 6.45) is -3.86. The number of hydrogen-bond acceptors (Lipinski definition) is 6. The lowest BCUT2D eigenvalue weighted by atomic mass is 10.1. The lowest BCUT2D eigenvalue weighted by Gasteiger charge is -2.15. The number of carbonyl (C=O) groups excluding carboxylic acids is 1. The van der Waals surface area contributed by atoms with E-state index in [2.05, 4.69) is 25.9 Å². The highest BCUT2D eigenvalue weighted by atomic mass is 19.4. The quantitative estimate of drug-likeness (QED) is 0.783. The summed E-state index contributed by atoms with van der Waals surface area (Å²) in [7, 11) is 2.78. The van der Waals surface area contributed by atoms with Gasteiger partial charge in [-0.15, -0.1) is 0 Å². The topological polar surface area (TPSA) is 88.2 Å². The molecular weight excluding hydrogens is 339 g/mol. The molecule has 7 nitrogen and oxygen atoms in total. The third-order valence-corrected chi connectivity index (χ3v) is 3.71. The molecule has 0 atom stereocenters. The van der Waals surface area contributed by atoms with E-state index < -0.39 is 11.7 Å². The number of amides is 1. The highest BCUT2D eigenvalue weighted by molar-refractivity contribution is 6.00. The van der Waals surface area contributed by atoms with E-state index in [4.69, 9.17) is 4.74 Å². The molecule has 0 saturated heterocycles. The molecule has 1 aliphatic heterocycles. The van der Waals surface area contributed by atoms with Crippen LogP contribution in [0.5, 0.6) is 5.75 Å². The molecule has 0 saturated carbocycles. The fourth-order valence-electron chi connectivity index (χ4n) is 2.57. The Morgan fingerprint density at radius 1 is 1.32 bits per heavy atom. The fraction of sp³-hybridized carbons (Fsp3) is 0.267. The Morgan fingerprint density at radius 3 is 2.72 bits per heavy atom. The summed E-state index contributed by atoms with van der Waals surface area (Å²) in [4.78, 5) is 19.2. The molecule has 0 bridgehead atoms. The molecule has 3 N–H and O–H groups in total.